The van der Waals surface area contributed by atoms with Gasteiger partial charge in [0.25, 0.3) is 0 Å². The third kappa shape index (κ3) is 6.09. The fourth-order valence-electron chi connectivity index (χ4n) is 3.76. The van der Waals surface area contributed by atoms with Gasteiger partial charge in [0.05, 0.1) is 5.75 Å². The third-order valence-electron chi connectivity index (χ3n) is 5.48. The first-order chi connectivity index (χ1) is 14.8. The van der Waals surface area contributed by atoms with Crippen molar-refractivity contribution in [3.63, 3.8) is 0 Å². The minimum absolute atomic E-state index is 0.0927. The lowest BCUT2D eigenvalue weighted by atomic mass is 9.86. The van der Waals surface area contributed by atoms with E-state index in [-0.39, 0.29) is 17.1 Å². The number of hydrogen-bond acceptors (Lipinski definition) is 5. The van der Waals surface area contributed by atoms with E-state index in [1.165, 1.54) is 30.2 Å². The molecule has 1 heterocycles. The number of hydrogen-bond donors (Lipinski definition) is 2. The molecule has 31 heavy (non-hydrogen) atoms. The van der Waals surface area contributed by atoms with Gasteiger partial charge in [0.15, 0.2) is 11.0 Å². The van der Waals surface area contributed by atoms with Gasteiger partial charge < -0.3 is 5.32 Å². The van der Waals surface area contributed by atoms with Gasteiger partial charge in [-0.2, -0.15) is 0 Å². The van der Waals surface area contributed by atoms with E-state index in [0.29, 0.717) is 12.6 Å². The summed E-state index contributed by atoms with van der Waals surface area (Å²) in [6.07, 6.45) is 5.37. The highest BCUT2D eigenvalue weighted by Crippen LogP contribution is 2.37. The first-order valence-corrected chi connectivity index (χ1v) is 12.0. The molecule has 1 aliphatic rings. The van der Waals surface area contributed by atoms with Gasteiger partial charge in [-0.25, -0.2) is 4.79 Å². The van der Waals surface area contributed by atoms with Crippen LogP contribution in [-0.2, 0) is 10.2 Å². The highest BCUT2D eigenvalue weighted by Gasteiger charge is 2.25. The Labute approximate surface area is 188 Å². The number of thioether (sulfide) groups is 1. The Morgan fingerprint density at radius 2 is 1.81 bits per heavy atom. The van der Waals surface area contributed by atoms with Crippen molar-refractivity contribution < 1.29 is 9.59 Å². The Bertz CT molecular complexity index is 896. The van der Waals surface area contributed by atoms with Gasteiger partial charge in [0.2, 0.25) is 5.91 Å². The van der Waals surface area contributed by atoms with E-state index in [9.17, 15) is 9.59 Å². The number of imide groups is 1. The quantitative estimate of drug-likeness (QED) is 0.606. The van der Waals surface area contributed by atoms with Gasteiger partial charge in [-0.3, -0.25) is 14.7 Å². The standard InChI is InChI=1S/C23H33N5O2S/c1-5-14-24-21(30)25-19(29)15-31-22-27-26-20(28(22)18-8-6-7-9-18)16-10-12-17(13-11-16)23(2,3)4/h10-13,18H,5-9,14-15H2,1-4H3,(H2,24,25,29,30). The molecule has 3 rings (SSSR count). The summed E-state index contributed by atoms with van der Waals surface area (Å²) in [5.74, 6) is 0.625. The molecule has 1 aromatic heterocycles. The van der Waals surface area contributed by atoms with Crippen molar-refractivity contribution in [3.05, 3.63) is 29.8 Å². The number of urea groups is 1. The van der Waals surface area contributed by atoms with E-state index >= 15 is 0 Å². The van der Waals surface area contributed by atoms with Crippen molar-refractivity contribution in [2.75, 3.05) is 12.3 Å². The maximum absolute atomic E-state index is 12.2. The predicted molar refractivity (Wildman–Crippen MR) is 124 cm³/mol. The smallest absolute Gasteiger partial charge is 0.321 e. The molecule has 0 spiro atoms. The molecule has 0 unspecified atom stereocenters. The average Bonchev–Trinajstić information content (AvgIpc) is 3.39. The molecule has 2 N–H and O–H groups in total. The molecule has 8 heteroatoms. The fraction of sp³-hybridized carbons (Fsp3) is 0.565. The molecule has 0 radical (unpaired) electrons. The number of carbonyl (C=O) groups excluding carboxylic acids is 2. The van der Waals surface area contributed by atoms with Crippen molar-refractivity contribution in [1.82, 2.24) is 25.4 Å². The van der Waals surface area contributed by atoms with Gasteiger partial charge in [-0.05, 0) is 30.2 Å². The van der Waals surface area contributed by atoms with E-state index in [4.69, 9.17) is 0 Å². The molecular formula is C23H33N5O2S. The van der Waals surface area contributed by atoms with E-state index in [0.717, 1.165) is 35.8 Å². The van der Waals surface area contributed by atoms with E-state index < -0.39 is 6.03 Å². The molecule has 1 aliphatic carbocycles. The molecule has 2 aromatic rings. The minimum atomic E-state index is -0.454. The molecule has 7 nitrogen and oxygen atoms in total. The predicted octanol–water partition coefficient (Wildman–Crippen LogP) is 4.69. The third-order valence-corrected chi connectivity index (χ3v) is 6.43. The zero-order chi connectivity index (χ0) is 22.4. The van der Waals surface area contributed by atoms with Gasteiger partial charge in [-0.1, -0.05) is 76.6 Å². The lowest BCUT2D eigenvalue weighted by Gasteiger charge is -2.20. The van der Waals surface area contributed by atoms with E-state index in [2.05, 4.69) is 70.4 Å². The maximum atomic E-state index is 12.2. The highest BCUT2D eigenvalue weighted by atomic mass is 32.2. The Hall–Kier alpha value is -2.35. The SMILES string of the molecule is CCCNC(=O)NC(=O)CSc1nnc(-c2ccc(C(C)(C)C)cc2)n1C1CCCC1. The topological polar surface area (TPSA) is 88.9 Å². The minimum Gasteiger partial charge on any atom is -0.338 e. The second-order valence-electron chi connectivity index (χ2n) is 9.03. The van der Waals surface area contributed by atoms with Gasteiger partial charge in [0.1, 0.15) is 0 Å². The van der Waals surface area contributed by atoms with Crippen LogP contribution in [0.5, 0.6) is 0 Å². The number of rotatable bonds is 7. The van der Waals surface area contributed by atoms with Crippen LogP contribution in [0.1, 0.15) is 71.4 Å². The lowest BCUT2D eigenvalue weighted by Crippen LogP contribution is -2.40. The van der Waals surface area contributed by atoms with E-state index in [1.807, 2.05) is 6.92 Å². The Morgan fingerprint density at radius 1 is 1.13 bits per heavy atom. The van der Waals surface area contributed by atoms with Crippen LogP contribution >= 0.6 is 11.8 Å². The molecule has 0 bridgehead atoms. The Kier molecular flexibility index (Phi) is 7.75. The second kappa shape index (κ2) is 10.3. The van der Waals surface area contributed by atoms with Crippen molar-refractivity contribution in [3.8, 4) is 11.4 Å². The van der Waals surface area contributed by atoms with Crippen molar-refractivity contribution in [2.24, 2.45) is 0 Å². The van der Waals surface area contributed by atoms with Crippen LogP contribution in [0, 0.1) is 0 Å². The monoisotopic (exact) mass is 443 g/mol. The Morgan fingerprint density at radius 3 is 2.42 bits per heavy atom. The van der Waals surface area contributed by atoms with Crippen LogP contribution in [0.25, 0.3) is 11.4 Å². The van der Waals surface area contributed by atoms with Crippen LogP contribution in [0.3, 0.4) is 0 Å². The maximum Gasteiger partial charge on any atom is 0.321 e. The van der Waals surface area contributed by atoms with Crippen LogP contribution in [0.4, 0.5) is 4.79 Å². The zero-order valence-corrected chi connectivity index (χ0v) is 19.7. The molecule has 1 fully saturated rings. The van der Waals surface area contributed by atoms with Crippen LogP contribution < -0.4 is 10.6 Å². The summed E-state index contributed by atoms with van der Waals surface area (Å²) in [6.45, 7) is 9.10. The fourth-order valence-corrected chi connectivity index (χ4v) is 4.56. The number of benzene rings is 1. The molecule has 3 amide bonds. The number of nitrogens with one attached hydrogen (secondary N) is 2. The lowest BCUT2D eigenvalue weighted by molar-refractivity contribution is -0.117. The summed E-state index contributed by atoms with van der Waals surface area (Å²) in [4.78, 5) is 23.9. The van der Waals surface area contributed by atoms with Gasteiger partial charge in [0, 0.05) is 18.2 Å². The number of aromatic nitrogens is 3. The largest absolute Gasteiger partial charge is 0.338 e. The summed E-state index contributed by atoms with van der Waals surface area (Å²) in [5, 5.41) is 14.6. The molecule has 168 valence electrons. The summed E-state index contributed by atoms with van der Waals surface area (Å²) >= 11 is 1.33. The number of nitrogens with zero attached hydrogens (tertiary/aromatic N) is 3. The summed E-state index contributed by atoms with van der Waals surface area (Å²) in [7, 11) is 0. The molecule has 0 aliphatic heterocycles. The average molecular weight is 444 g/mol. The van der Waals surface area contributed by atoms with Gasteiger partial charge in [-0.15, -0.1) is 10.2 Å². The first-order valence-electron chi connectivity index (χ1n) is 11.1. The van der Waals surface area contributed by atoms with Crippen LogP contribution in [0.15, 0.2) is 29.4 Å². The highest BCUT2D eigenvalue weighted by molar-refractivity contribution is 7.99. The van der Waals surface area contributed by atoms with E-state index in [1.54, 1.807) is 0 Å². The molecular weight excluding hydrogens is 410 g/mol. The Balaban J connectivity index is 1.76. The van der Waals surface area contributed by atoms with Crippen molar-refractivity contribution in [2.45, 2.75) is 76.4 Å². The molecule has 1 saturated carbocycles. The normalized spacial score (nSPS) is 14.6. The zero-order valence-electron chi connectivity index (χ0n) is 18.9. The van der Waals surface area contributed by atoms with Crippen LogP contribution in [0.2, 0.25) is 0 Å². The molecule has 0 atom stereocenters. The first kappa shape index (κ1) is 23.3. The summed E-state index contributed by atoms with van der Waals surface area (Å²) < 4.78 is 2.19. The van der Waals surface area contributed by atoms with Crippen molar-refractivity contribution in [1.29, 1.82) is 0 Å². The molecule has 1 aromatic carbocycles. The van der Waals surface area contributed by atoms with Crippen LogP contribution in [-0.4, -0.2) is 39.0 Å². The second-order valence-corrected chi connectivity index (χ2v) is 9.98. The van der Waals surface area contributed by atoms with Gasteiger partial charge >= 0.3 is 6.03 Å². The number of amides is 3. The molecule has 0 saturated heterocycles. The van der Waals surface area contributed by atoms with Crippen molar-refractivity contribution >= 4 is 23.7 Å². The summed E-state index contributed by atoms with van der Waals surface area (Å²) in [6, 6.07) is 8.40. The number of carbonyl (C=O) groups is 2. The summed E-state index contributed by atoms with van der Waals surface area (Å²) in [5.41, 5.74) is 2.40.